The zero-order chi connectivity index (χ0) is 41.3. The normalized spacial score (nSPS) is 11.6. The molecule has 0 saturated carbocycles. The Morgan fingerprint density at radius 2 is 0.667 bits per heavy atom. The Morgan fingerprint density at radius 3 is 1.04 bits per heavy atom. The first-order valence-electron chi connectivity index (χ1n) is 23.6. The first kappa shape index (κ1) is 51.9. The Kier molecular flexibility index (Phi) is 36.1. The molecule has 6 nitrogen and oxygen atoms in total. The number of rotatable bonds is 39. The van der Waals surface area contributed by atoms with Crippen molar-refractivity contribution in [3.05, 3.63) is 71.3 Å². The minimum Gasteiger partial charge on any atom is -0.462 e. The van der Waals surface area contributed by atoms with Gasteiger partial charge in [-0.05, 0) is 115 Å². The molecule has 0 N–H and O–H groups in total. The van der Waals surface area contributed by atoms with Gasteiger partial charge in [0.2, 0.25) is 0 Å². The van der Waals surface area contributed by atoms with E-state index in [9.17, 15) is 14.4 Å². The molecule has 57 heavy (non-hydrogen) atoms. The van der Waals surface area contributed by atoms with E-state index in [4.69, 9.17) is 14.2 Å². The van der Waals surface area contributed by atoms with Gasteiger partial charge in [0.15, 0.2) is 0 Å². The van der Waals surface area contributed by atoms with Crippen LogP contribution in [0.4, 0.5) is 0 Å². The molecule has 0 aromatic heterocycles. The standard InChI is InChI=1S/C51H84O6/c1-4-7-10-13-16-19-22-25-28-31-34-37-42-55-49(52)46-40-41-47(50(53)56-43-38-35-32-29-26-23-20-17-14-11-8-5-2)48(45-46)51(54)57-44-39-36-33-30-27-24-21-18-15-12-9-6-3/h25-30,40-41,45H,4-24,31-39,42-44H2,1-3H3/b28-25+,29-26+,30-27+. The van der Waals surface area contributed by atoms with E-state index < -0.39 is 17.9 Å². The van der Waals surface area contributed by atoms with Gasteiger partial charge < -0.3 is 14.2 Å². The molecule has 0 heterocycles. The summed E-state index contributed by atoms with van der Waals surface area (Å²) in [7, 11) is 0. The van der Waals surface area contributed by atoms with Gasteiger partial charge in [-0.25, -0.2) is 14.4 Å². The predicted octanol–water partition coefficient (Wildman–Crippen LogP) is 15.6. The van der Waals surface area contributed by atoms with Gasteiger partial charge in [0.05, 0.1) is 36.5 Å². The number of benzene rings is 1. The Morgan fingerprint density at radius 1 is 0.368 bits per heavy atom. The molecule has 0 aliphatic heterocycles. The van der Waals surface area contributed by atoms with E-state index >= 15 is 0 Å². The molecule has 0 atom stereocenters. The molecule has 0 bridgehead atoms. The number of carbonyl (C=O) groups is 3. The summed E-state index contributed by atoms with van der Waals surface area (Å²) < 4.78 is 16.7. The molecule has 0 aliphatic rings. The minimum atomic E-state index is -0.626. The fourth-order valence-corrected chi connectivity index (χ4v) is 6.68. The van der Waals surface area contributed by atoms with Crippen LogP contribution in [0, 0.1) is 0 Å². The van der Waals surface area contributed by atoms with Gasteiger partial charge in [-0.15, -0.1) is 0 Å². The molecule has 1 aromatic carbocycles. The Balaban J connectivity index is 2.59. The second-order valence-electron chi connectivity index (χ2n) is 15.7. The highest BCUT2D eigenvalue weighted by molar-refractivity contribution is 6.05. The van der Waals surface area contributed by atoms with Gasteiger partial charge >= 0.3 is 17.9 Å². The second-order valence-corrected chi connectivity index (χ2v) is 15.7. The third-order valence-electron chi connectivity index (χ3n) is 10.4. The lowest BCUT2D eigenvalue weighted by Gasteiger charge is -2.12. The van der Waals surface area contributed by atoms with E-state index in [1.54, 1.807) is 0 Å². The first-order chi connectivity index (χ1) is 28.0. The highest BCUT2D eigenvalue weighted by atomic mass is 16.5. The van der Waals surface area contributed by atoms with Gasteiger partial charge in [0.1, 0.15) is 0 Å². The SMILES string of the molecule is CCCCCCCC/C=C/CCCCOC(=O)c1ccc(C(=O)OCCCC/C=C/CCCCCCCC)c(C(=O)OCCCC/C=C/CCCCCCCC)c1. The fraction of sp³-hybridized carbons (Fsp3) is 0.706. The van der Waals surface area contributed by atoms with Gasteiger partial charge in [-0.1, -0.05) is 154 Å². The van der Waals surface area contributed by atoms with Crippen molar-refractivity contribution in [3.8, 4) is 0 Å². The summed E-state index contributed by atoms with van der Waals surface area (Å²) in [4.78, 5) is 39.5. The first-order valence-corrected chi connectivity index (χ1v) is 23.6. The summed E-state index contributed by atoms with van der Waals surface area (Å²) in [5, 5.41) is 0. The van der Waals surface area contributed by atoms with Crippen molar-refractivity contribution >= 4 is 17.9 Å². The molecular formula is C51H84O6. The number of ether oxygens (including phenoxy) is 3. The van der Waals surface area contributed by atoms with Crippen LogP contribution in [-0.4, -0.2) is 37.7 Å². The van der Waals surface area contributed by atoms with Crippen LogP contribution in [0.5, 0.6) is 0 Å². The number of carbonyl (C=O) groups excluding carboxylic acids is 3. The van der Waals surface area contributed by atoms with Crippen molar-refractivity contribution in [2.75, 3.05) is 19.8 Å². The van der Waals surface area contributed by atoms with Crippen molar-refractivity contribution in [1.82, 2.24) is 0 Å². The maximum atomic E-state index is 13.3. The van der Waals surface area contributed by atoms with Crippen LogP contribution in [0.3, 0.4) is 0 Å². The van der Waals surface area contributed by atoms with Crippen molar-refractivity contribution < 1.29 is 28.6 Å². The monoisotopic (exact) mass is 793 g/mol. The quantitative estimate of drug-likeness (QED) is 0.0286. The Labute approximate surface area is 350 Å². The van der Waals surface area contributed by atoms with E-state index in [2.05, 4.69) is 57.2 Å². The summed E-state index contributed by atoms with van der Waals surface area (Å²) in [6.07, 6.45) is 48.1. The molecule has 6 heteroatoms. The zero-order valence-corrected chi connectivity index (χ0v) is 37.0. The molecule has 0 saturated heterocycles. The molecule has 0 unspecified atom stereocenters. The van der Waals surface area contributed by atoms with Crippen LogP contribution >= 0.6 is 0 Å². The molecule has 324 valence electrons. The third-order valence-corrected chi connectivity index (χ3v) is 10.4. The van der Waals surface area contributed by atoms with E-state index in [1.165, 1.54) is 134 Å². The lowest BCUT2D eigenvalue weighted by atomic mass is 10.0. The molecule has 0 radical (unpaired) electrons. The predicted molar refractivity (Wildman–Crippen MR) is 240 cm³/mol. The number of esters is 3. The van der Waals surface area contributed by atoms with Crippen LogP contribution in [0.25, 0.3) is 0 Å². The molecule has 0 fully saturated rings. The fourth-order valence-electron chi connectivity index (χ4n) is 6.68. The van der Waals surface area contributed by atoms with Crippen LogP contribution in [0.15, 0.2) is 54.7 Å². The summed E-state index contributed by atoms with van der Waals surface area (Å²) in [6, 6.07) is 4.45. The van der Waals surface area contributed by atoms with Crippen molar-refractivity contribution in [1.29, 1.82) is 0 Å². The average molecular weight is 793 g/mol. The molecule has 0 spiro atoms. The van der Waals surface area contributed by atoms with E-state index in [1.807, 2.05) is 0 Å². The van der Waals surface area contributed by atoms with Crippen molar-refractivity contribution in [3.63, 3.8) is 0 Å². The van der Waals surface area contributed by atoms with Gasteiger partial charge in [0.25, 0.3) is 0 Å². The highest BCUT2D eigenvalue weighted by Gasteiger charge is 2.22. The maximum absolute atomic E-state index is 13.3. The highest BCUT2D eigenvalue weighted by Crippen LogP contribution is 2.18. The number of hydrogen-bond acceptors (Lipinski definition) is 6. The molecule has 1 rings (SSSR count). The van der Waals surface area contributed by atoms with Gasteiger partial charge in [-0.2, -0.15) is 0 Å². The van der Waals surface area contributed by atoms with Crippen LogP contribution in [-0.2, 0) is 14.2 Å². The van der Waals surface area contributed by atoms with Crippen LogP contribution in [0.2, 0.25) is 0 Å². The summed E-state index contributed by atoms with van der Waals surface area (Å²) in [5.74, 6) is -1.72. The van der Waals surface area contributed by atoms with E-state index in [-0.39, 0.29) is 29.9 Å². The van der Waals surface area contributed by atoms with Crippen molar-refractivity contribution in [2.24, 2.45) is 0 Å². The summed E-state index contributed by atoms with van der Waals surface area (Å²) in [5.41, 5.74) is 0.378. The van der Waals surface area contributed by atoms with Gasteiger partial charge in [0, 0.05) is 0 Å². The van der Waals surface area contributed by atoms with Crippen LogP contribution < -0.4 is 0 Å². The Bertz CT molecular complexity index is 1210. The average Bonchev–Trinajstić information content (AvgIpc) is 3.22. The minimum absolute atomic E-state index is 0.0430. The maximum Gasteiger partial charge on any atom is 0.339 e. The zero-order valence-electron chi connectivity index (χ0n) is 37.0. The summed E-state index contributed by atoms with van der Waals surface area (Å²) in [6.45, 7) is 7.54. The largest absolute Gasteiger partial charge is 0.462 e. The second kappa shape index (κ2) is 39.7. The van der Waals surface area contributed by atoms with Crippen molar-refractivity contribution in [2.45, 2.75) is 213 Å². The number of hydrogen-bond donors (Lipinski definition) is 0. The summed E-state index contributed by atoms with van der Waals surface area (Å²) >= 11 is 0. The van der Waals surface area contributed by atoms with E-state index in [0.29, 0.717) is 6.61 Å². The molecule has 0 amide bonds. The van der Waals surface area contributed by atoms with Crippen LogP contribution in [0.1, 0.15) is 244 Å². The lowest BCUT2D eigenvalue weighted by molar-refractivity contribution is 0.0448. The van der Waals surface area contributed by atoms with Gasteiger partial charge in [-0.3, -0.25) is 0 Å². The Hall–Kier alpha value is -3.15. The molecular weight excluding hydrogens is 709 g/mol. The molecule has 0 aliphatic carbocycles. The molecule has 1 aromatic rings. The third kappa shape index (κ3) is 30.6. The number of unbranched alkanes of at least 4 members (excludes halogenated alkanes) is 24. The lowest BCUT2D eigenvalue weighted by Crippen LogP contribution is -2.17. The number of allylic oxidation sites excluding steroid dienone is 6. The smallest absolute Gasteiger partial charge is 0.339 e. The topological polar surface area (TPSA) is 78.9 Å². The van der Waals surface area contributed by atoms with E-state index in [0.717, 1.165) is 77.0 Å².